The Hall–Kier alpha value is -3.80. The molecule has 0 saturated carbocycles. The van der Waals surface area contributed by atoms with Gasteiger partial charge >= 0.3 is 5.97 Å². The number of rotatable bonds is 5. The normalized spacial score (nSPS) is 12.5. The summed E-state index contributed by atoms with van der Waals surface area (Å²) in [6.07, 6.45) is 0.804. The van der Waals surface area contributed by atoms with Gasteiger partial charge < -0.3 is 19.5 Å². The molecule has 3 aromatic carbocycles. The van der Waals surface area contributed by atoms with Crippen LogP contribution in [-0.4, -0.2) is 31.7 Å². The molecule has 0 bridgehead atoms. The summed E-state index contributed by atoms with van der Waals surface area (Å²) in [6.45, 7) is 0.778. The Morgan fingerprint density at radius 3 is 2.30 bits per heavy atom. The first kappa shape index (κ1) is 19.5. The third-order valence-electron chi connectivity index (χ3n) is 4.59. The molecule has 1 aliphatic rings. The summed E-state index contributed by atoms with van der Waals surface area (Å²) in [5.74, 6) is 0.249. The highest BCUT2D eigenvalue weighted by molar-refractivity contribution is 5.95. The minimum absolute atomic E-state index is 0.381. The topological polar surface area (TPSA) is 73.9 Å². The highest BCUT2D eigenvalue weighted by Gasteiger charge is 2.14. The molecular formula is C24H21NO5. The molecule has 152 valence electrons. The van der Waals surface area contributed by atoms with Gasteiger partial charge in [0.1, 0.15) is 0 Å². The summed E-state index contributed by atoms with van der Waals surface area (Å²) >= 11 is 0. The monoisotopic (exact) mass is 403 g/mol. The maximum atomic E-state index is 12.2. The van der Waals surface area contributed by atoms with Crippen LogP contribution in [0, 0.1) is 0 Å². The largest absolute Gasteiger partial charge is 0.490 e. The average Bonchev–Trinajstić information content (AvgIpc) is 3.03. The van der Waals surface area contributed by atoms with Crippen molar-refractivity contribution in [1.82, 2.24) is 0 Å². The van der Waals surface area contributed by atoms with Crippen LogP contribution < -0.4 is 14.8 Å². The Balaban J connectivity index is 1.31. The van der Waals surface area contributed by atoms with Gasteiger partial charge in [-0.2, -0.15) is 0 Å². The molecule has 4 rings (SSSR count). The summed E-state index contributed by atoms with van der Waals surface area (Å²) in [7, 11) is 0. The smallest absolute Gasteiger partial charge is 0.338 e. The van der Waals surface area contributed by atoms with Crippen LogP contribution in [0.5, 0.6) is 11.5 Å². The first-order chi connectivity index (χ1) is 14.7. The number of carbonyl (C=O) groups excluding carboxylic acids is 2. The predicted molar refractivity (Wildman–Crippen MR) is 113 cm³/mol. The Labute approximate surface area is 174 Å². The van der Waals surface area contributed by atoms with Crippen LogP contribution in [0.4, 0.5) is 5.69 Å². The summed E-state index contributed by atoms with van der Waals surface area (Å²) in [6, 6.07) is 22.1. The molecule has 0 spiro atoms. The fourth-order valence-corrected chi connectivity index (χ4v) is 3.08. The zero-order chi connectivity index (χ0) is 20.8. The molecule has 0 fully saturated rings. The van der Waals surface area contributed by atoms with Crippen molar-refractivity contribution in [1.29, 1.82) is 0 Å². The van der Waals surface area contributed by atoms with Crippen LogP contribution in [0.1, 0.15) is 16.8 Å². The second-order valence-corrected chi connectivity index (χ2v) is 6.78. The molecule has 0 aromatic heterocycles. The van der Waals surface area contributed by atoms with E-state index in [1.54, 1.807) is 30.3 Å². The lowest BCUT2D eigenvalue weighted by atomic mass is 10.0. The van der Waals surface area contributed by atoms with E-state index in [9.17, 15) is 9.59 Å². The number of fused-ring (bicyclic) bond motifs is 1. The summed E-state index contributed by atoms with van der Waals surface area (Å²) < 4.78 is 16.3. The van der Waals surface area contributed by atoms with Gasteiger partial charge in [-0.05, 0) is 35.4 Å². The van der Waals surface area contributed by atoms with Crippen LogP contribution in [-0.2, 0) is 9.53 Å². The van der Waals surface area contributed by atoms with Crippen molar-refractivity contribution >= 4 is 17.6 Å². The quantitative estimate of drug-likeness (QED) is 0.643. The van der Waals surface area contributed by atoms with Gasteiger partial charge in [0.15, 0.2) is 18.1 Å². The zero-order valence-corrected chi connectivity index (χ0v) is 16.3. The van der Waals surface area contributed by atoms with Crippen LogP contribution in [0.15, 0.2) is 72.8 Å². The fourth-order valence-electron chi connectivity index (χ4n) is 3.08. The Morgan fingerprint density at radius 2 is 1.53 bits per heavy atom. The van der Waals surface area contributed by atoms with Crippen LogP contribution in [0.2, 0.25) is 0 Å². The molecule has 30 heavy (non-hydrogen) atoms. The van der Waals surface area contributed by atoms with E-state index in [1.165, 1.54) is 0 Å². The van der Waals surface area contributed by atoms with E-state index in [0.29, 0.717) is 36.0 Å². The molecule has 1 heterocycles. The van der Waals surface area contributed by atoms with Crippen LogP contribution in [0.25, 0.3) is 11.1 Å². The van der Waals surface area contributed by atoms with E-state index in [0.717, 1.165) is 17.5 Å². The molecule has 0 radical (unpaired) electrons. The lowest BCUT2D eigenvalue weighted by Crippen LogP contribution is -2.21. The Morgan fingerprint density at radius 1 is 0.833 bits per heavy atom. The molecule has 0 unspecified atom stereocenters. The molecule has 0 aliphatic carbocycles. The van der Waals surface area contributed by atoms with Gasteiger partial charge in [-0.3, -0.25) is 4.79 Å². The minimum atomic E-state index is -0.552. The standard InChI is InChI=1S/C24H21NO5/c26-23(25-20-11-12-21-22(15-20)29-14-4-13-28-21)16-30-24(27)19-9-7-18(8-10-19)17-5-2-1-3-6-17/h1-3,5-12,15H,4,13-14,16H2,(H,25,26). The molecule has 1 amide bonds. The second-order valence-electron chi connectivity index (χ2n) is 6.78. The molecule has 1 aliphatic heterocycles. The maximum Gasteiger partial charge on any atom is 0.338 e. The number of amides is 1. The van der Waals surface area contributed by atoms with E-state index >= 15 is 0 Å². The lowest BCUT2D eigenvalue weighted by Gasteiger charge is -2.11. The third kappa shape index (κ3) is 4.78. The number of hydrogen-bond acceptors (Lipinski definition) is 5. The predicted octanol–water partition coefficient (Wildman–Crippen LogP) is 4.31. The number of hydrogen-bond donors (Lipinski definition) is 1. The summed E-state index contributed by atoms with van der Waals surface area (Å²) in [5, 5.41) is 2.70. The first-order valence-corrected chi connectivity index (χ1v) is 9.71. The number of anilines is 1. The van der Waals surface area contributed by atoms with Crippen molar-refractivity contribution < 1.29 is 23.8 Å². The highest BCUT2D eigenvalue weighted by atomic mass is 16.5. The number of esters is 1. The number of ether oxygens (including phenoxy) is 3. The average molecular weight is 403 g/mol. The molecule has 0 saturated heterocycles. The molecule has 1 N–H and O–H groups in total. The van der Waals surface area contributed by atoms with E-state index in [4.69, 9.17) is 14.2 Å². The van der Waals surface area contributed by atoms with Gasteiger partial charge in [0.25, 0.3) is 5.91 Å². The third-order valence-corrected chi connectivity index (χ3v) is 4.59. The van der Waals surface area contributed by atoms with Crippen molar-refractivity contribution in [3.63, 3.8) is 0 Å². The van der Waals surface area contributed by atoms with Crippen LogP contribution in [0.3, 0.4) is 0 Å². The number of carbonyl (C=O) groups is 2. The van der Waals surface area contributed by atoms with Crippen molar-refractivity contribution in [3.05, 3.63) is 78.4 Å². The van der Waals surface area contributed by atoms with Crippen molar-refractivity contribution in [2.45, 2.75) is 6.42 Å². The van der Waals surface area contributed by atoms with Gasteiger partial charge in [-0.1, -0.05) is 42.5 Å². The molecule has 6 heteroatoms. The van der Waals surface area contributed by atoms with Gasteiger partial charge in [0.05, 0.1) is 18.8 Å². The van der Waals surface area contributed by atoms with Crippen molar-refractivity contribution in [3.8, 4) is 22.6 Å². The summed E-state index contributed by atoms with van der Waals surface area (Å²) in [5.41, 5.74) is 3.00. The molecule has 0 atom stereocenters. The van der Waals surface area contributed by atoms with E-state index < -0.39 is 11.9 Å². The van der Waals surface area contributed by atoms with Crippen molar-refractivity contribution in [2.75, 3.05) is 25.1 Å². The van der Waals surface area contributed by atoms with Gasteiger partial charge in [-0.15, -0.1) is 0 Å². The fraction of sp³-hybridized carbons (Fsp3) is 0.167. The van der Waals surface area contributed by atoms with Gasteiger partial charge in [0, 0.05) is 18.2 Å². The molecule has 6 nitrogen and oxygen atoms in total. The van der Waals surface area contributed by atoms with E-state index in [2.05, 4.69) is 5.32 Å². The number of benzene rings is 3. The molecule has 3 aromatic rings. The highest BCUT2D eigenvalue weighted by Crippen LogP contribution is 2.32. The Bertz CT molecular complexity index is 1030. The number of nitrogens with one attached hydrogen (secondary N) is 1. The maximum absolute atomic E-state index is 12.2. The van der Waals surface area contributed by atoms with Crippen LogP contribution >= 0.6 is 0 Å². The van der Waals surface area contributed by atoms with E-state index in [1.807, 2.05) is 42.5 Å². The SMILES string of the molecule is O=C(COC(=O)c1ccc(-c2ccccc2)cc1)Nc1ccc2c(c1)OCCCO2. The van der Waals surface area contributed by atoms with E-state index in [-0.39, 0.29) is 6.61 Å². The van der Waals surface area contributed by atoms with Gasteiger partial charge in [0.2, 0.25) is 0 Å². The zero-order valence-electron chi connectivity index (χ0n) is 16.3. The van der Waals surface area contributed by atoms with Crippen molar-refractivity contribution in [2.24, 2.45) is 0 Å². The molecular weight excluding hydrogens is 382 g/mol. The summed E-state index contributed by atoms with van der Waals surface area (Å²) in [4.78, 5) is 24.4. The second kappa shape index (κ2) is 9.13. The lowest BCUT2D eigenvalue weighted by molar-refractivity contribution is -0.119. The first-order valence-electron chi connectivity index (χ1n) is 9.71. The minimum Gasteiger partial charge on any atom is -0.490 e. The Kier molecular flexibility index (Phi) is 5.94. The van der Waals surface area contributed by atoms with Gasteiger partial charge in [-0.25, -0.2) is 4.79 Å².